The lowest BCUT2D eigenvalue weighted by molar-refractivity contribution is -0.132. The maximum absolute atomic E-state index is 13.7. The summed E-state index contributed by atoms with van der Waals surface area (Å²) in [5.74, 6) is 1.86. The first-order valence-corrected chi connectivity index (χ1v) is 13.2. The van der Waals surface area contributed by atoms with E-state index in [0.717, 1.165) is 41.4 Å². The fourth-order valence-corrected chi connectivity index (χ4v) is 9.66. The van der Waals surface area contributed by atoms with Crippen LogP contribution >= 0.6 is 23.1 Å². The van der Waals surface area contributed by atoms with Crippen LogP contribution in [0.15, 0.2) is 34.1 Å². The van der Waals surface area contributed by atoms with E-state index in [9.17, 15) is 14.0 Å². The van der Waals surface area contributed by atoms with Crippen molar-refractivity contribution in [1.82, 2.24) is 9.47 Å². The maximum atomic E-state index is 13.7. The lowest BCUT2D eigenvalue weighted by atomic mass is 9.75. The Balaban J connectivity index is 1.40. The number of carbonyl (C=O) groups is 1. The second kappa shape index (κ2) is 7.77. The Kier molecular flexibility index (Phi) is 5.02. The van der Waals surface area contributed by atoms with Crippen molar-refractivity contribution in [3.8, 4) is 0 Å². The summed E-state index contributed by atoms with van der Waals surface area (Å²) in [5.41, 5.74) is 1.11. The maximum Gasteiger partial charge on any atom is 0.308 e. The molecular formula is C24H27FN2O2S2. The van der Waals surface area contributed by atoms with Gasteiger partial charge in [0.15, 0.2) is 0 Å². The van der Waals surface area contributed by atoms with E-state index < -0.39 is 0 Å². The molecule has 0 radical (unpaired) electrons. The average Bonchev–Trinajstić information content (AvgIpc) is 3.48. The van der Waals surface area contributed by atoms with Gasteiger partial charge in [0, 0.05) is 29.1 Å². The molecule has 1 amide bonds. The van der Waals surface area contributed by atoms with Gasteiger partial charge in [0.25, 0.3) is 0 Å². The minimum atomic E-state index is -0.225. The van der Waals surface area contributed by atoms with Gasteiger partial charge in [-0.25, -0.2) is 4.39 Å². The summed E-state index contributed by atoms with van der Waals surface area (Å²) in [6.07, 6.45) is 7.09. The average molecular weight is 459 g/mol. The number of rotatable bonds is 3. The molecule has 3 fully saturated rings. The van der Waals surface area contributed by atoms with Crippen LogP contribution in [0.4, 0.5) is 4.39 Å². The molecule has 1 saturated heterocycles. The number of hydrogen-bond acceptors (Lipinski definition) is 4. The van der Waals surface area contributed by atoms with Crippen LogP contribution in [0.1, 0.15) is 54.9 Å². The third kappa shape index (κ3) is 3.30. The van der Waals surface area contributed by atoms with Gasteiger partial charge in [-0.3, -0.25) is 14.2 Å². The largest absolute Gasteiger partial charge is 0.341 e. The summed E-state index contributed by atoms with van der Waals surface area (Å²) >= 11 is 3.17. The predicted octanol–water partition coefficient (Wildman–Crippen LogP) is 4.71. The van der Waals surface area contributed by atoms with Crippen molar-refractivity contribution in [1.29, 1.82) is 0 Å². The molecule has 2 saturated carbocycles. The summed E-state index contributed by atoms with van der Waals surface area (Å²) in [6, 6.07) is 6.88. The predicted molar refractivity (Wildman–Crippen MR) is 121 cm³/mol. The first kappa shape index (κ1) is 20.0. The second-order valence-corrected chi connectivity index (χ2v) is 11.7. The number of benzene rings is 1. The highest BCUT2D eigenvalue weighted by Crippen LogP contribution is 2.64. The number of fused-ring (bicyclic) bond motifs is 6. The van der Waals surface area contributed by atoms with E-state index in [1.165, 1.54) is 37.0 Å². The summed E-state index contributed by atoms with van der Waals surface area (Å²) < 4.78 is 15.4. The van der Waals surface area contributed by atoms with E-state index >= 15 is 0 Å². The molecule has 4 aliphatic rings. The number of thiazole rings is 1. The molecule has 2 aromatic rings. The van der Waals surface area contributed by atoms with Gasteiger partial charge in [0.2, 0.25) is 5.91 Å². The van der Waals surface area contributed by atoms with Crippen LogP contribution in [0.2, 0.25) is 0 Å². The summed E-state index contributed by atoms with van der Waals surface area (Å²) in [4.78, 5) is 29.1. The van der Waals surface area contributed by atoms with Crippen molar-refractivity contribution < 1.29 is 9.18 Å². The topological polar surface area (TPSA) is 42.3 Å². The molecule has 4 nitrogen and oxygen atoms in total. The Morgan fingerprint density at radius 2 is 1.81 bits per heavy atom. The number of amides is 1. The molecule has 6 rings (SSSR count). The molecule has 1 aromatic carbocycles. The minimum Gasteiger partial charge on any atom is -0.341 e. The van der Waals surface area contributed by atoms with Gasteiger partial charge in [-0.2, -0.15) is 0 Å². The zero-order valence-electron chi connectivity index (χ0n) is 17.5. The van der Waals surface area contributed by atoms with Crippen molar-refractivity contribution in [3.05, 3.63) is 50.2 Å². The van der Waals surface area contributed by atoms with Gasteiger partial charge in [0.1, 0.15) is 12.4 Å². The minimum absolute atomic E-state index is 0.0257. The highest BCUT2D eigenvalue weighted by Gasteiger charge is 2.55. The molecule has 2 bridgehead atoms. The van der Waals surface area contributed by atoms with Crippen molar-refractivity contribution in [3.63, 3.8) is 0 Å². The number of halogens is 1. The van der Waals surface area contributed by atoms with Crippen molar-refractivity contribution in [2.45, 2.75) is 61.3 Å². The van der Waals surface area contributed by atoms with Crippen molar-refractivity contribution in [2.24, 2.45) is 17.8 Å². The van der Waals surface area contributed by atoms with Crippen LogP contribution < -0.4 is 4.87 Å². The summed E-state index contributed by atoms with van der Waals surface area (Å²) in [6.45, 7) is 1.76. The third-order valence-corrected chi connectivity index (χ3v) is 10.7. The van der Waals surface area contributed by atoms with Crippen molar-refractivity contribution in [2.75, 3.05) is 13.1 Å². The quantitative estimate of drug-likeness (QED) is 0.669. The summed E-state index contributed by atoms with van der Waals surface area (Å²) in [7, 11) is 0. The Hall–Kier alpha value is -1.60. The monoisotopic (exact) mass is 458 g/mol. The van der Waals surface area contributed by atoms with Gasteiger partial charge in [0.05, 0.1) is 5.03 Å². The molecule has 5 unspecified atom stereocenters. The SMILES string of the molecule is O=C(Cn1c2c(sc1=O)C(c1ccc(F)cc1)C1C3CCC(C3)C1S2)N1CCCCC1. The Bertz CT molecular complexity index is 1060. The van der Waals surface area contributed by atoms with E-state index in [1.807, 2.05) is 28.8 Å². The van der Waals surface area contributed by atoms with E-state index in [0.29, 0.717) is 23.0 Å². The standard InChI is InChI=1S/C24H27FN2O2S2/c25-17-8-6-14(7-9-17)19-20-15-4-5-16(12-15)21(20)30-23-22(19)31-24(29)27(23)13-18(28)26-10-2-1-3-11-26/h6-9,15-16,19-21H,1-5,10-13H2. The fraction of sp³-hybridized carbons (Fsp3) is 0.583. The first-order valence-electron chi connectivity index (χ1n) is 11.5. The van der Waals surface area contributed by atoms with Gasteiger partial charge in [-0.1, -0.05) is 23.5 Å². The molecule has 1 aromatic heterocycles. The van der Waals surface area contributed by atoms with Crippen molar-refractivity contribution >= 4 is 29.0 Å². The highest BCUT2D eigenvalue weighted by atomic mass is 32.2. The molecule has 31 heavy (non-hydrogen) atoms. The van der Waals surface area contributed by atoms with Crippen LogP contribution in [0, 0.1) is 23.6 Å². The zero-order chi connectivity index (χ0) is 21.1. The number of aromatic nitrogens is 1. The zero-order valence-corrected chi connectivity index (χ0v) is 19.1. The third-order valence-electron chi connectivity index (χ3n) is 7.92. The van der Waals surface area contributed by atoms with Crippen LogP contribution in [-0.4, -0.2) is 33.7 Å². The van der Waals surface area contributed by atoms with E-state index in [2.05, 4.69) is 0 Å². The fourth-order valence-electron chi connectivity index (χ4n) is 6.51. The molecule has 2 aliphatic heterocycles. The molecule has 164 valence electrons. The molecule has 0 spiro atoms. The molecular weight excluding hydrogens is 431 g/mol. The van der Waals surface area contributed by atoms with Gasteiger partial charge in [-0.15, -0.1) is 11.8 Å². The van der Waals surface area contributed by atoms with Gasteiger partial charge >= 0.3 is 4.87 Å². The molecule has 3 heterocycles. The molecule has 2 aliphatic carbocycles. The van der Waals surface area contributed by atoms with Crippen LogP contribution in [-0.2, 0) is 11.3 Å². The van der Waals surface area contributed by atoms with Crippen LogP contribution in [0.25, 0.3) is 0 Å². The summed E-state index contributed by atoms with van der Waals surface area (Å²) in [5, 5.41) is 1.50. The molecule has 5 atom stereocenters. The Morgan fingerprint density at radius 1 is 1.06 bits per heavy atom. The number of likely N-dealkylation sites (tertiary alicyclic amines) is 1. The van der Waals surface area contributed by atoms with E-state index in [-0.39, 0.29) is 29.1 Å². The lowest BCUT2D eigenvalue weighted by Gasteiger charge is -2.40. The number of nitrogens with zero attached hydrogens (tertiary/aromatic N) is 2. The first-order chi connectivity index (χ1) is 15.1. The number of thioether (sulfide) groups is 1. The number of hydrogen-bond donors (Lipinski definition) is 0. The second-order valence-electron chi connectivity index (χ2n) is 9.59. The number of carbonyl (C=O) groups excluding carboxylic acids is 1. The van der Waals surface area contributed by atoms with Gasteiger partial charge < -0.3 is 4.90 Å². The van der Waals surface area contributed by atoms with Gasteiger partial charge in [-0.05, 0) is 74.0 Å². The van der Waals surface area contributed by atoms with E-state index in [4.69, 9.17) is 0 Å². The smallest absolute Gasteiger partial charge is 0.308 e. The Labute approximate surface area is 189 Å². The normalized spacial score (nSPS) is 31.5. The molecule has 0 N–H and O–H groups in total. The van der Waals surface area contributed by atoms with Crippen LogP contribution in [0.3, 0.4) is 0 Å². The van der Waals surface area contributed by atoms with E-state index in [1.54, 1.807) is 16.7 Å². The highest BCUT2D eigenvalue weighted by molar-refractivity contribution is 8.00. The Morgan fingerprint density at radius 3 is 2.58 bits per heavy atom. The molecule has 7 heteroatoms. The number of piperidine rings is 1. The van der Waals surface area contributed by atoms with Crippen LogP contribution in [0.5, 0.6) is 0 Å². The lowest BCUT2D eigenvalue weighted by Crippen LogP contribution is -2.39.